The maximum Gasteiger partial charge on any atom is 0.416 e. The van der Waals surface area contributed by atoms with Crippen molar-refractivity contribution in [1.82, 2.24) is 4.90 Å². The van der Waals surface area contributed by atoms with Crippen molar-refractivity contribution in [3.63, 3.8) is 0 Å². The average Bonchev–Trinajstić information content (AvgIpc) is 2.53. The van der Waals surface area contributed by atoms with E-state index < -0.39 is 12.3 Å². The highest BCUT2D eigenvalue weighted by Gasteiger charge is 2.38. The zero-order chi connectivity index (χ0) is 19.6. The number of carbonyl (C=O) groups is 2. The second kappa shape index (κ2) is 7.85. The van der Waals surface area contributed by atoms with E-state index in [1.54, 1.807) is 33.0 Å². The second-order valence-electron chi connectivity index (χ2n) is 6.77. The van der Waals surface area contributed by atoms with Gasteiger partial charge < -0.3 is 19.1 Å². The van der Waals surface area contributed by atoms with Crippen LogP contribution in [0.4, 0.5) is 10.5 Å². The Labute approximate surface area is 154 Å². The van der Waals surface area contributed by atoms with Crippen LogP contribution in [0, 0.1) is 0 Å². The fraction of sp³-hybridized carbons (Fsp3) is 0.579. The summed E-state index contributed by atoms with van der Waals surface area (Å²) in [5.41, 5.74) is 0.844. The monoisotopic (exact) mass is 364 g/mol. The predicted octanol–water partition coefficient (Wildman–Crippen LogP) is 3.66. The Kier molecular flexibility index (Phi) is 6.00. The van der Waals surface area contributed by atoms with Crippen molar-refractivity contribution >= 4 is 17.7 Å². The molecule has 144 valence electrons. The van der Waals surface area contributed by atoms with E-state index in [2.05, 4.69) is 0 Å². The molecule has 7 heteroatoms. The summed E-state index contributed by atoms with van der Waals surface area (Å²) in [6.45, 7) is 11.4. The number of rotatable bonds is 5. The summed E-state index contributed by atoms with van der Waals surface area (Å²) < 4.78 is 16.9. The van der Waals surface area contributed by atoms with Crippen LogP contribution in [-0.4, -0.2) is 48.9 Å². The first-order valence-electron chi connectivity index (χ1n) is 8.91. The largest absolute Gasteiger partial charge is 0.487 e. The minimum atomic E-state index is -0.506. The zero-order valence-corrected chi connectivity index (χ0v) is 16.5. The summed E-state index contributed by atoms with van der Waals surface area (Å²) in [4.78, 5) is 28.3. The molecule has 0 saturated heterocycles. The number of ether oxygens (including phenoxy) is 3. The van der Waals surface area contributed by atoms with E-state index in [4.69, 9.17) is 14.2 Å². The first-order chi connectivity index (χ1) is 12.2. The molecule has 26 heavy (non-hydrogen) atoms. The second-order valence-corrected chi connectivity index (χ2v) is 6.77. The van der Waals surface area contributed by atoms with Crippen LogP contribution in [0.3, 0.4) is 0 Å². The van der Waals surface area contributed by atoms with Gasteiger partial charge in [-0.1, -0.05) is 0 Å². The van der Waals surface area contributed by atoms with Gasteiger partial charge in [0.1, 0.15) is 6.17 Å². The highest BCUT2D eigenvalue weighted by molar-refractivity contribution is 6.07. The first kappa shape index (κ1) is 19.9. The van der Waals surface area contributed by atoms with Gasteiger partial charge in [-0.2, -0.15) is 0 Å². The number of anilines is 1. The summed E-state index contributed by atoms with van der Waals surface area (Å²) in [7, 11) is 1.66. The van der Waals surface area contributed by atoms with Crippen molar-refractivity contribution in [3.8, 4) is 11.5 Å². The molecule has 1 unspecified atom stereocenters. The summed E-state index contributed by atoms with van der Waals surface area (Å²) in [5, 5.41) is 0. The Morgan fingerprint density at radius 3 is 2.15 bits per heavy atom. The lowest BCUT2D eigenvalue weighted by Crippen LogP contribution is -2.54. The highest BCUT2D eigenvalue weighted by atomic mass is 16.6. The van der Waals surface area contributed by atoms with E-state index in [-0.39, 0.29) is 24.7 Å². The average molecular weight is 364 g/mol. The molecule has 1 aliphatic rings. The van der Waals surface area contributed by atoms with Gasteiger partial charge in [-0.05, 0) is 47.6 Å². The molecule has 0 radical (unpaired) electrons. The molecule has 1 heterocycles. The summed E-state index contributed by atoms with van der Waals surface area (Å²) >= 11 is 0. The van der Waals surface area contributed by atoms with Gasteiger partial charge in [0.15, 0.2) is 11.5 Å². The normalized spacial score (nSPS) is 16.8. The number of nitrogens with zero attached hydrogens (tertiary/aromatic N) is 2. The van der Waals surface area contributed by atoms with Crippen molar-refractivity contribution in [2.75, 3.05) is 18.6 Å². The van der Waals surface area contributed by atoms with Gasteiger partial charge in [0.25, 0.3) is 5.91 Å². The van der Waals surface area contributed by atoms with Crippen molar-refractivity contribution < 1.29 is 23.8 Å². The Bertz CT molecular complexity index is 687. The molecule has 2 rings (SSSR count). The number of hydrogen-bond acceptors (Lipinski definition) is 5. The zero-order valence-electron chi connectivity index (χ0n) is 16.5. The quantitative estimate of drug-likeness (QED) is 0.798. The van der Waals surface area contributed by atoms with Crippen molar-refractivity contribution in [2.24, 2.45) is 0 Å². The van der Waals surface area contributed by atoms with Gasteiger partial charge in [0.05, 0.1) is 30.1 Å². The van der Waals surface area contributed by atoms with Crippen molar-refractivity contribution in [1.29, 1.82) is 0 Å². The fourth-order valence-corrected chi connectivity index (χ4v) is 2.79. The standard InChI is InChI=1S/C19H28N2O5/c1-8-24-19(23)21-13(6)20(7)18(22)14-9-16(25-11(2)3)17(10-15(14)21)26-12(4)5/h9-13H,8H2,1-7H3. The fourth-order valence-electron chi connectivity index (χ4n) is 2.79. The van der Waals surface area contributed by atoms with Gasteiger partial charge >= 0.3 is 6.09 Å². The maximum absolute atomic E-state index is 12.8. The first-order valence-corrected chi connectivity index (χ1v) is 8.91. The van der Waals surface area contributed by atoms with Crippen LogP contribution >= 0.6 is 0 Å². The predicted molar refractivity (Wildman–Crippen MR) is 99.0 cm³/mol. The lowest BCUT2D eigenvalue weighted by molar-refractivity contribution is 0.0712. The van der Waals surface area contributed by atoms with Crippen molar-refractivity contribution in [2.45, 2.75) is 59.9 Å². The van der Waals surface area contributed by atoms with Gasteiger partial charge in [-0.15, -0.1) is 0 Å². The van der Waals surface area contributed by atoms with Gasteiger partial charge in [0, 0.05) is 13.1 Å². The molecule has 1 aliphatic heterocycles. The van der Waals surface area contributed by atoms with E-state index in [0.29, 0.717) is 22.7 Å². The minimum absolute atomic E-state index is 0.0842. The molecule has 0 spiro atoms. The van der Waals surface area contributed by atoms with E-state index in [1.165, 1.54) is 9.80 Å². The lowest BCUT2D eigenvalue weighted by atomic mass is 10.1. The molecule has 0 aromatic heterocycles. The van der Waals surface area contributed by atoms with E-state index in [1.807, 2.05) is 27.7 Å². The van der Waals surface area contributed by atoms with E-state index >= 15 is 0 Å². The van der Waals surface area contributed by atoms with E-state index in [0.717, 1.165) is 0 Å². The third kappa shape index (κ3) is 3.86. The van der Waals surface area contributed by atoms with Crippen LogP contribution < -0.4 is 14.4 Å². The minimum Gasteiger partial charge on any atom is -0.487 e. The smallest absolute Gasteiger partial charge is 0.416 e. The Morgan fingerprint density at radius 1 is 1.12 bits per heavy atom. The van der Waals surface area contributed by atoms with Gasteiger partial charge in [-0.3, -0.25) is 9.69 Å². The molecule has 2 amide bonds. The van der Waals surface area contributed by atoms with Crippen LogP contribution in [0.15, 0.2) is 12.1 Å². The topological polar surface area (TPSA) is 68.3 Å². The lowest BCUT2D eigenvalue weighted by Gasteiger charge is -2.40. The molecule has 1 aromatic rings. The van der Waals surface area contributed by atoms with Gasteiger partial charge in [-0.25, -0.2) is 4.79 Å². The molecule has 1 atom stereocenters. The van der Waals surface area contributed by atoms with Crippen LogP contribution in [0.1, 0.15) is 51.9 Å². The van der Waals surface area contributed by atoms with Crippen LogP contribution in [0.25, 0.3) is 0 Å². The molecule has 0 N–H and O–H groups in total. The number of amides is 2. The Balaban J connectivity index is 2.63. The molecular formula is C19H28N2O5. The Morgan fingerprint density at radius 2 is 1.65 bits per heavy atom. The highest BCUT2D eigenvalue weighted by Crippen LogP contribution is 2.40. The number of fused-ring (bicyclic) bond motifs is 1. The molecule has 7 nitrogen and oxygen atoms in total. The number of hydrogen-bond donors (Lipinski definition) is 0. The van der Waals surface area contributed by atoms with Crippen LogP contribution in [0.5, 0.6) is 11.5 Å². The summed E-state index contributed by atoms with van der Waals surface area (Å²) in [6.07, 6.45) is -1.15. The molecule has 0 bridgehead atoms. The van der Waals surface area contributed by atoms with Crippen LogP contribution in [0.2, 0.25) is 0 Å². The third-order valence-corrected chi connectivity index (χ3v) is 4.00. The SMILES string of the molecule is CCOC(=O)N1c2cc(OC(C)C)c(OC(C)C)cc2C(=O)N(C)C1C. The molecule has 0 aliphatic carbocycles. The Hall–Kier alpha value is -2.44. The van der Waals surface area contributed by atoms with E-state index in [9.17, 15) is 9.59 Å². The number of carbonyl (C=O) groups excluding carboxylic acids is 2. The maximum atomic E-state index is 12.8. The third-order valence-electron chi connectivity index (χ3n) is 4.00. The number of benzene rings is 1. The summed E-state index contributed by atoms with van der Waals surface area (Å²) in [5.74, 6) is 0.789. The molecule has 1 aromatic carbocycles. The van der Waals surface area contributed by atoms with Gasteiger partial charge in [0.2, 0.25) is 0 Å². The molecule has 0 saturated carbocycles. The summed E-state index contributed by atoms with van der Waals surface area (Å²) in [6, 6.07) is 3.33. The van der Waals surface area contributed by atoms with Crippen LogP contribution in [-0.2, 0) is 4.74 Å². The van der Waals surface area contributed by atoms with Crippen molar-refractivity contribution in [3.05, 3.63) is 17.7 Å². The molecule has 0 fully saturated rings. The molecular weight excluding hydrogens is 336 g/mol.